The van der Waals surface area contributed by atoms with Gasteiger partial charge in [-0.25, -0.2) is 4.98 Å². The summed E-state index contributed by atoms with van der Waals surface area (Å²) in [6, 6.07) is 10.1. The number of fused-ring (bicyclic) bond motifs is 1. The van der Waals surface area contributed by atoms with Gasteiger partial charge in [0.05, 0.1) is 12.0 Å². The number of hydrogen-bond acceptors (Lipinski definition) is 4. The second kappa shape index (κ2) is 6.18. The lowest BCUT2D eigenvalue weighted by Gasteiger charge is -2.25. The van der Waals surface area contributed by atoms with E-state index in [2.05, 4.69) is 20.5 Å². The van der Waals surface area contributed by atoms with E-state index in [9.17, 15) is 5.11 Å². The number of aromatic nitrogens is 2. The number of aliphatic hydroxyl groups is 1. The zero-order valence-electron chi connectivity index (χ0n) is 13.0. The average Bonchev–Trinajstić information content (AvgIpc) is 3.27. The number of rotatable bonds is 5. The van der Waals surface area contributed by atoms with Crippen molar-refractivity contribution in [2.45, 2.75) is 38.0 Å². The molecule has 4 heterocycles. The number of imidazole rings is 1. The minimum atomic E-state index is -0.531. The van der Waals surface area contributed by atoms with E-state index < -0.39 is 6.10 Å². The number of hydrogen-bond donors (Lipinski definition) is 1. The van der Waals surface area contributed by atoms with Gasteiger partial charge in [0, 0.05) is 25.0 Å². The average molecular weight is 311 g/mol. The lowest BCUT2D eigenvalue weighted by molar-refractivity contribution is 0.0991. The first-order chi connectivity index (χ1) is 11.3. The Bertz CT molecular complexity index is 733. The van der Waals surface area contributed by atoms with Crippen LogP contribution in [0.2, 0.25) is 0 Å². The molecule has 0 saturated carbocycles. The minimum absolute atomic E-state index is 0.375. The zero-order valence-corrected chi connectivity index (χ0v) is 13.0. The largest absolute Gasteiger partial charge is 0.467 e. The fraction of sp³-hybridized carbons (Fsp3) is 0.389. The molecule has 2 atom stereocenters. The molecule has 0 amide bonds. The summed E-state index contributed by atoms with van der Waals surface area (Å²) in [6.07, 6.45) is 8.19. The van der Waals surface area contributed by atoms with Crippen molar-refractivity contribution in [2.75, 3.05) is 6.54 Å². The van der Waals surface area contributed by atoms with Crippen LogP contribution in [0.15, 0.2) is 53.4 Å². The third-order valence-corrected chi connectivity index (χ3v) is 4.64. The summed E-state index contributed by atoms with van der Waals surface area (Å²) in [7, 11) is 0. The quantitative estimate of drug-likeness (QED) is 0.787. The van der Waals surface area contributed by atoms with Crippen molar-refractivity contribution < 1.29 is 9.52 Å². The lowest BCUT2D eigenvalue weighted by Crippen LogP contribution is -2.30. The van der Waals surface area contributed by atoms with Crippen LogP contribution in [0, 0.1) is 0 Å². The molecule has 1 saturated heterocycles. The Labute approximate surface area is 135 Å². The van der Waals surface area contributed by atoms with Gasteiger partial charge in [0.1, 0.15) is 17.5 Å². The minimum Gasteiger partial charge on any atom is -0.467 e. The predicted octanol–water partition coefficient (Wildman–Crippen LogP) is 3.02. The maximum Gasteiger partial charge on any atom is 0.137 e. The van der Waals surface area contributed by atoms with E-state index in [0.29, 0.717) is 18.2 Å². The second-order valence-corrected chi connectivity index (χ2v) is 6.23. The van der Waals surface area contributed by atoms with Gasteiger partial charge in [-0.05, 0) is 50.1 Å². The Hall–Kier alpha value is -2.11. The molecule has 0 spiro atoms. The predicted molar refractivity (Wildman–Crippen MR) is 86.9 cm³/mol. The molecule has 3 aromatic rings. The molecule has 0 aliphatic carbocycles. The fourth-order valence-electron chi connectivity index (χ4n) is 3.50. The fourth-order valence-corrected chi connectivity index (χ4v) is 3.50. The Morgan fingerprint density at radius 1 is 1.30 bits per heavy atom. The highest BCUT2D eigenvalue weighted by Crippen LogP contribution is 2.28. The molecule has 0 aromatic carbocycles. The topological polar surface area (TPSA) is 53.9 Å². The molecular weight excluding hydrogens is 290 g/mol. The van der Waals surface area contributed by atoms with Crippen LogP contribution in [0.1, 0.15) is 36.8 Å². The first-order valence-electron chi connectivity index (χ1n) is 8.18. The van der Waals surface area contributed by atoms with Gasteiger partial charge in [-0.3, -0.25) is 4.90 Å². The first-order valence-corrected chi connectivity index (χ1v) is 8.18. The van der Waals surface area contributed by atoms with E-state index in [1.54, 1.807) is 6.26 Å². The van der Waals surface area contributed by atoms with Gasteiger partial charge in [-0.1, -0.05) is 6.07 Å². The van der Waals surface area contributed by atoms with Crippen molar-refractivity contribution in [1.29, 1.82) is 0 Å². The summed E-state index contributed by atoms with van der Waals surface area (Å²) in [5.74, 6) is 0.657. The molecule has 1 aliphatic rings. The van der Waals surface area contributed by atoms with Crippen molar-refractivity contribution in [3.05, 3.63) is 60.4 Å². The van der Waals surface area contributed by atoms with Gasteiger partial charge in [0.15, 0.2) is 0 Å². The van der Waals surface area contributed by atoms with E-state index in [1.807, 2.05) is 36.5 Å². The van der Waals surface area contributed by atoms with E-state index in [-0.39, 0.29) is 0 Å². The van der Waals surface area contributed by atoms with E-state index in [4.69, 9.17) is 4.42 Å². The molecule has 0 bridgehead atoms. The van der Waals surface area contributed by atoms with Crippen LogP contribution >= 0.6 is 0 Å². The number of aliphatic hydroxyl groups excluding tert-OH is 1. The monoisotopic (exact) mass is 311 g/mol. The SMILES string of the molecule is OC(CC1CCCN1Cc1cn2ccccc2n1)c1ccco1. The van der Waals surface area contributed by atoms with E-state index in [1.165, 1.54) is 6.42 Å². The zero-order chi connectivity index (χ0) is 15.6. The summed E-state index contributed by atoms with van der Waals surface area (Å²) in [5, 5.41) is 10.3. The van der Waals surface area contributed by atoms with Gasteiger partial charge >= 0.3 is 0 Å². The van der Waals surface area contributed by atoms with Crippen LogP contribution in [0.25, 0.3) is 5.65 Å². The third kappa shape index (κ3) is 3.02. The third-order valence-electron chi connectivity index (χ3n) is 4.64. The molecule has 1 N–H and O–H groups in total. The van der Waals surface area contributed by atoms with Gasteiger partial charge in [0.25, 0.3) is 0 Å². The molecule has 3 aromatic heterocycles. The van der Waals surface area contributed by atoms with Gasteiger partial charge in [-0.15, -0.1) is 0 Å². The summed E-state index contributed by atoms with van der Waals surface area (Å²) in [6.45, 7) is 1.89. The number of pyridine rings is 1. The maximum absolute atomic E-state index is 10.3. The van der Waals surface area contributed by atoms with Crippen molar-refractivity contribution in [1.82, 2.24) is 14.3 Å². The highest BCUT2D eigenvalue weighted by atomic mass is 16.4. The van der Waals surface area contributed by atoms with Crippen LogP contribution in [0.5, 0.6) is 0 Å². The van der Waals surface area contributed by atoms with E-state index >= 15 is 0 Å². The van der Waals surface area contributed by atoms with Crippen molar-refractivity contribution in [2.24, 2.45) is 0 Å². The summed E-state index contributed by atoms with van der Waals surface area (Å²) in [4.78, 5) is 7.10. The van der Waals surface area contributed by atoms with Crippen LogP contribution < -0.4 is 0 Å². The standard InChI is InChI=1S/C18H21N3O2/c22-16(17-6-4-10-23-17)11-15-5-3-9-20(15)12-14-13-21-8-2-1-7-18(21)19-14/h1-2,4,6-8,10,13,15-16,22H,3,5,9,11-12H2. The first kappa shape index (κ1) is 14.5. The van der Waals surface area contributed by atoms with Crippen LogP contribution in [0.3, 0.4) is 0 Å². The Balaban J connectivity index is 1.45. The molecule has 4 rings (SSSR count). The van der Waals surface area contributed by atoms with Gasteiger partial charge in [0.2, 0.25) is 0 Å². The molecule has 120 valence electrons. The van der Waals surface area contributed by atoms with Crippen LogP contribution in [0.4, 0.5) is 0 Å². The highest BCUT2D eigenvalue weighted by Gasteiger charge is 2.28. The molecule has 1 aliphatic heterocycles. The molecule has 5 nitrogen and oxygen atoms in total. The van der Waals surface area contributed by atoms with Crippen molar-refractivity contribution >= 4 is 5.65 Å². The number of nitrogens with zero attached hydrogens (tertiary/aromatic N) is 3. The smallest absolute Gasteiger partial charge is 0.137 e. The summed E-state index contributed by atoms with van der Waals surface area (Å²) >= 11 is 0. The van der Waals surface area contributed by atoms with Crippen molar-refractivity contribution in [3.8, 4) is 0 Å². The maximum atomic E-state index is 10.3. The number of likely N-dealkylation sites (tertiary alicyclic amines) is 1. The normalized spacial score (nSPS) is 20.3. The van der Waals surface area contributed by atoms with Crippen molar-refractivity contribution in [3.63, 3.8) is 0 Å². The highest BCUT2D eigenvalue weighted by molar-refractivity contribution is 5.39. The summed E-state index contributed by atoms with van der Waals surface area (Å²) in [5.41, 5.74) is 2.06. The van der Waals surface area contributed by atoms with Crippen LogP contribution in [-0.2, 0) is 6.54 Å². The molecule has 5 heteroatoms. The summed E-state index contributed by atoms with van der Waals surface area (Å²) < 4.78 is 7.37. The molecular formula is C18H21N3O2. The molecule has 0 radical (unpaired) electrons. The lowest BCUT2D eigenvalue weighted by atomic mass is 10.1. The van der Waals surface area contributed by atoms with Gasteiger partial charge in [-0.2, -0.15) is 0 Å². The molecule has 1 fully saturated rings. The Morgan fingerprint density at radius 2 is 2.26 bits per heavy atom. The van der Waals surface area contributed by atoms with Gasteiger partial charge < -0.3 is 13.9 Å². The Kier molecular flexibility index (Phi) is 3.89. The Morgan fingerprint density at radius 3 is 3.09 bits per heavy atom. The number of furan rings is 1. The molecule has 23 heavy (non-hydrogen) atoms. The molecule has 2 unspecified atom stereocenters. The van der Waals surface area contributed by atoms with E-state index in [0.717, 1.165) is 30.9 Å². The second-order valence-electron chi connectivity index (χ2n) is 6.23. The van der Waals surface area contributed by atoms with Crippen LogP contribution in [-0.4, -0.2) is 32.0 Å².